The third-order valence-corrected chi connectivity index (χ3v) is 2.45. The molecule has 70 valence electrons. The molecule has 0 aromatic heterocycles. The van der Waals surface area contributed by atoms with E-state index in [9.17, 15) is 4.39 Å². The molecule has 0 N–H and O–H groups in total. The molecule has 0 spiro atoms. The van der Waals surface area contributed by atoms with E-state index in [4.69, 9.17) is 11.6 Å². The smallest absolute Gasteiger partial charge is 0.130 e. The number of rotatable bonds is 2. The van der Waals surface area contributed by atoms with Crippen molar-refractivity contribution >= 4 is 33.6 Å². The molecule has 0 nitrogen and oxygen atoms in total. The minimum absolute atomic E-state index is 0.237. The topological polar surface area (TPSA) is 0 Å². The second-order valence-corrected chi connectivity index (χ2v) is 3.73. The summed E-state index contributed by atoms with van der Waals surface area (Å²) in [6.45, 7) is 1.78. The average molecular weight is 264 g/mol. The first-order valence-electron chi connectivity index (χ1n) is 3.83. The fourth-order valence-electron chi connectivity index (χ4n) is 0.961. The Balaban J connectivity index is 3.08. The van der Waals surface area contributed by atoms with Gasteiger partial charge in [-0.1, -0.05) is 39.7 Å². The summed E-state index contributed by atoms with van der Waals surface area (Å²) < 4.78 is 13.2. The number of halogens is 3. The first-order chi connectivity index (χ1) is 6.15. The molecule has 0 aliphatic carbocycles. The predicted molar refractivity (Wildman–Crippen MR) is 59.0 cm³/mol. The minimum Gasteiger partial charge on any atom is -0.206 e. The molecule has 3 heteroatoms. The lowest BCUT2D eigenvalue weighted by Crippen LogP contribution is -1.85. The average Bonchev–Trinajstić information content (AvgIpc) is 2.09. The molecule has 0 saturated heterocycles. The number of alkyl halides is 1. The van der Waals surface area contributed by atoms with Crippen LogP contribution in [0.25, 0.3) is 6.08 Å². The normalized spacial score (nSPS) is 11.1. The van der Waals surface area contributed by atoms with Gasteiger partial charge in [-0.15, -0.1) is 0 Å². The van der Waals surface area contributed by atoms with E-state index in [-0.39, 0.29) is 5.82 Å². The summed E-state index contributed by atoms with van der Waals surface area (Å²) in [6, 6.07) is 3.07. The lowest BCUT2D eigenvalue weighted by molar-refractivity contribution is 0.624. The van der Waals surface area contributed by atoms with Gasteiger partial charge in [-0.2, -0.15) is 0 Å². The van der Waals surface area contributed by atoms with Gasteiger partial charge in [-0.3, -0.25) is 0 Å². The van der Waals surface area contributed by atoms with E-state index in [0.29, 0.717) is 15.9 Å². The lowest BCUT2D eigenvalue weighted by atomic mass is 10.1. The second-order valence-electron chi connectivity index (χ2n) is 2.68. The van der Waals surface area contributed by atoms with Crippen molar-refractivity contribution in [2.24, 2.45) is 0 Å². The fraction of sp³-hybridized carbons (Fsp3) is 0.200. The Labute approximate surface area is 90.5 Å². The van der Waals surface area contributed by atoms with E-state index in [1.807, 2.05) is 6.08 Å². The van der Waals surface area contributed by atoms with Gasteiger partial charge in [-0.05, 0) is 24.6 Å². The predicted octanol–water partition coefficient (Wildman–Crippen LogP) is 4.20. The van der Waals surface area contributed by atoms with Crippen LogP contribution >= 0.6 is 27.5 Å². The largest absolute Gasteiger partial charge is 0.206 e. The van der Waals surface area contributed by atoms with Crippen molar-refractivity contribution < 1.29 is 4.39 Å². The number of hydrogen-bond acceptors (Lipinski definition) is 0. The molecule has 0 atom stereocenters. The van der Waals surface area contributed by atoms with Gasteiger partial charge in [0.1, 0.15) is 5.82 Å². The fourth-order valence-corrected chi connectivity index (χ4v) is 1.32. The molecule has 0 aliphatic rings. The highest BCUT2D eigenvalue weighted by molar-refractivity contribution is 9.09. The third-order valence-electron chi connectivity index (χ3n) is 1.66. The first kappa shape index (κ1) is 10.7. The zero-order chi connectivity index (χ0) is 9.84. The van der Waals surface area contributed by atoms with Gasteiger partial charge >= 0.3 is 0 Å². The molecule has 1 aromatic rings. The van der Waals surface area contributed by atoms with Gasteiger partial charge < -0.3 is 0 Å². The van der Waals surface area contributed by atoms with Crippen LogP contribution in [0.5, 0.6) is 0 Å². The van der Waals surface area contributed by atoms with Crippen LogP contribution < -0.4 is 0 Å². The molecule has 1 rings (SSSR count). The molecule has 0 fully saturated rings. The Kier molecular flexibility index (Phi) is 3.94. The van der Waals surface area contributed by atoms with Crippen molar-refractivity contribution in [1.82, 2.24) is 0 Å². The van der Waals surface area contributed by atoms with E-state index in [2.05, 4.69) is 15.9 Å². The van der Waals surface area contributed by atoms with Gasteiger partial charge in [0, 0.05) is 15.9 Å². The molecule has 0 bridgehead atoms. The maximum absolute atomic E-state index is 13.2. The highest BCUT2D eigenvalue weighted by Crippen LogP contribution is 2.20. The van der Waals surface area contributed by atoms with Gasteiger partial charge in [0.15, 0.2) is 0 Å². The van der Waals surface area contributed by atoms with Crippen molar-refractivity contribution in [2.75, 3.05) is 5.33 Å². The monoisotopic (exact) mass is 262 g/mol. The SMILES string of the molecule is Cc1cc(F)c(C=CCBr)cc1Cl. The Hall–Kier alpha value is -0.340. The van der Waals surface area contributed by atoms with Crippen LogP contribution in [0.1, 0.15) is 11.1 Å². The van der Waals surface area contributed by atoms with E-state index in [1.165, 1.54) is 6.07 Å². The van der Waals surface area contributed by atoms with Gasteiger partial charge in [0.05, 0.1) is 0 Å². The Morgan fingerprint density at radius 3 is 2.85 bits per heavy atom. The molecular formula is C10H9BrClF. The van der Waals surface area contributed by atoms with E-state index in [0.717, 1.165) is 5.56 Å². The van der Waals surface area contributed by atoms with Gasteiger partial charge in [0.2, 0.25) is 0 Å². The van der Waals surface area contributed by atoms with Crippen LogP contribution in [0.4, 0.5) is 4.39 Å². The minimum atomic E-state index is -0.237. The highest BCUT2D eigenvalue weighted by Gasteiger charge is 2.02. The second kappa shape index (κ2) is 4.77. The number of hydrogen-bond donors (Lipinski definition) is 0. The summed E-state index contributed by atoms with van der Waals surface area (Å²) in [4.78, 5) is 0. The van der Waals surface area contributed by atoms with Crippen molar-refractivity contribution in [3.63, 3.8) is 0 Å². The molecule has 1 aromatic carbocycles. The zero-order valence-corrected chi connectivity index (χ0v) is 9.49. The van der Waals surface area contributed by atoms with Crippen molar-refractivity contribution in [3.8, 4) is 0 Å². The molecule has 13 heavy (non-hydrogen) atoms. The van der Waals surface area contributed by atoms with E-state index >= 15 is 0 Å². The highest BCUT2D eigenvalue weighted by atomic mass is 79.9. The number of aryl methyl sites for hydroxylation is 1. The van der Waals surface area contributed by atoms with Crippen LogP contribution in [0.2, 0.25) is 5.02 Å². The Morgan fingerprint density at radius 1 is 1.54 bits per heavy atom. The summed E-state index contributed by atoms with van der Waals surface area (Å²) in [7, 11) is 0. The van der Waals surface area contributed by atoms with Gasteiger partial charge in [-0.25, -0.2) is 4.39 Å². The summed E-state index contributed by atoms with van der Waals surface area (Å²) in [5, 5.41) is 1.30. The number of allylic oxidation sites excluding steroid dienone is 1. The lowest BCUT2D eigenvalue weighted by Gasteiger charge is -2.01. The van der Waals surface area contributed by atoms with Crippen molar-refractivity contribution in [3.05, 3.63) is 40.2 Å². The summed E-state index contributed by atoms with van der Waals surface area (Å²) >= 11 is 9.07. The summed E-state index contributed by atoms with van der Waals surface area (Å²) in [6.07, 6.45) is 3.53. The number of benzene rings is 1. The summed E-state index contributed by atoms with van der Waals surface area (Å²) in [5.41, 5.74) is 1.28. The van der Waals surface area contributed by atoms with Crippen molar-refractivity contribution in [2.45, 2.75) is 6.92 Å². The molecular weight excluding hydrogens is 254 g/mol. The molecule has 0 saturated carbocycles. The van der Waals surface area contributed by atoms with Crippen LogP contribution in [0.15, 0.2) is 18.2 Å². The van der Waals surface area contributed by atoms with Crippen LogP contribution in [0, 0.1) is 12.7 Å². The summed E-state index contributed by atoms with van der Waals surface area (Å²) in [5.74, 6) is -0.237. The maximum atomic E-state index is 13.2. The van der Waals surface area contributed by atoms with E-state index < -0.39 is 0 Å². The Bertz CT molecular complexity index is 334. The van der Waals surface area contributed by atoms with Crippen molar-refractivity contribution in [1.29, 1.82) is 0 Å². The van der Waals surface area contributed by atoms with Crippen LogP contribution in [-0.4, -0.2) is 5.33 Å². The van der Waals surface area contributed by atoms with Gasteiger partial charge in [0.25, 0.3) is 0 Å². The quantitative estimate of drug-likeness (QED) is 0.702. The third kappa shape index (κ3) is 2.82. The van der Waals surface area contributed by atoms with Crippen LogP contribution in [0.3, 0.4) is 0 Å². The molecule has 0 amide bonds. The molecule has 0 heterocycles. The Morgan fingerprint density at radius 2 is 2.23 bits per heavy atom. The molecule has 0 radical (unpaired) electrons. The van der Waals surface area contributed by atoms with E-state index in [1.54, 1.807) is 19.1 Å². The standard InChI is InChI=1S/C10H9BrClF/c1-7-5-10(13)8(3-2-4-11)6-9(7)12/h2-3,5-6H,4H2,1H3. The zero-order valence-electron chi connectivity index (χ0n) is 7.15. The maximum Gasteiger partial charge on any atom is 0.130 e. The molecule has 0 unspecified atom stereocenters. The first-order valence-corrected chi connectivity index (χ1v) is 5.33. The van der Waals surface area contributed by atoms with Crippen LogP contribution in [-0.2, 0) is 0 Å². The molecule has 0 aliphatic heterocycles.